The number of nitrogens with zero attached hydrogens (tertiary/aromatic N) is 2. The van der Waals surface area contributed by atoms with Crippen molar-refractivity contribution in [3.8, 4) is 0 Å². The largest absolute Gasteiger partial charge is 0.306 e. The quantitative estimate of drug-likeness (QED) is 0.896. The summed E-state index contributed by atoms with van der Waals surface area (Å²) in [6.45, 7) is 4.96. The molecule has 0 spiro atoms. The Morgan fingerprint density at radius 2 is 2.00 bits per heavy atom. The van der Waals surface area contributed by atoms with Gasteiger partial charge in [0.25, 0.3) is 0 Å². The molecule has 0 saturated heterocycles. The van der Waals surface area contributed by atoms with Crippen LogP contribution in [0.4, 0.5) is 4.39 Å². The Hall–Kier alpha value is -1.68. The molecule has 1 N–H and O–H groups in total. The van der Waals surface area contributed by atoms with Crippen molar-refractivity contribution in [3.05, 3.63) is 53.1 Å². The maximum atomic E-state index is 12.9. The summed E-state index contributed by atoms with van der Waals surface area (Å²) in [4.78, 5) is 0. The van der Waals surface area contributed by atoms with Crippen LogP contribution < -0.4 is 5.32 Å². The standard InChI is InChI=1S/C15H20FN3/c1-4-15-13(10-19(3)18-15)9-17-11(2)12-5-7-14(16)8-6-12/h5-8,10-11,17H,4,9H2,1-3H3/t11-/m0/s1. The normalized spacial score (nSPS) is 12.6. The Labute approximate surface area is 113 Å². The van der Waals surface area contributed by atoms with Crippen LogP contribution in [0.1, 0.15) is 36.7 Å². The molecule has 2 aromatic rings. The van der Waals surface area contributed by atoms with Gasteiger partial charge in [-0.1, -0.05) is 19.1 Å². The first-order chi connectivity index (χ1) is 9.10. The number of aromatic nitrogens is 2. The molecule has 0 unspecified atom stereocenters. The van der Waals surface area contributed by atoms with Crippen molar-refractivity contribution >= 4 is 0 Å². The third-order valence-corrected chi connectivity index (χ3v) is 3.30. The summed E-state index contributed by atoms with van der Waals surface area (Å²) < 4.78 is 14.7. The molecule has 1 aromatic heterocycles. The SMILES string of the molecule is CCc1nn(C)cc1CN[C@@H](C)c1ccc(F)cc1. The summed E-state index contributed by atoms with van der Waals surface area (Å²) in [5.41, 5.74) is 3.43. The maximum absolute atomic E-state index is 12.9. The molecule has 2 rings (SSSR count). The van der Waals surface area contributed by atoms with Crippen molar-refractivity contribution in [1.82, 2.24) is 15.1 Å². The minimum absolute atomic E-state index is 0.186. The molecule has 1 heterocycles. The van der Waals surface area contributed by atoms with Crippen molar-refractivity contribution in [2.75, 3.05) is 0 Å². The Bertz CT molecular complexity index is 531. The number of hydrogen-bond donors (Lipinski definition) is 1. The van der Waals surface area contributed by atoms with Crippen molar-refractivity contribution in [3.63, 3.8) is 0 Å². The second-order valence-corrected chi connectivity index (χ2v) is 4.78. The van der Waals surface area contributed by atoms with Gasteiger partial charge in [-0.3, -0.25) is 4.68 Å². The van der Waals surface area contributed by atoms with E-state index in [1.165, 1.54) is 17.7 Å². The van der Waals surface area contributed by atoms with E-state index < -0.39 is 0 Å². The third-order valence-electron chi connectivity index (χ3n) is 3.30. The monoisotopic (exact) mass is 261 g/mol. The highest BCUT2D eigenvalue weighted by atomic mass is 19.1. The van der Waals surface area contributed by atoms with Crippen LogP contribution in [0.15, 0.2) is 30.5 Å². The Morgan fingerprint density at radius 1 is 1.32 bits per heavy atom. The van der Waals surface area contributed by atoms with Gasteiger partial charge in [-0.15, -0.1) is 0 Å². The van der Waals surface area contributed by atoms with Crippen LogP contribution in [0.3, 0.4) is 0 Å². The zero-order chi connectivity index (χ0) is 13.8. The fraction of sp³-hybridized carbons (Fsp3) is 0.400. The van der Waals surface area contributed by atoms with Crippen LogP contribution in [0.25, 0.3) is 0 Å². The van der Waals surface area contributed by atoms with E-state index in [2.05, 4.69) is 24.3 Å². The van der Waals surface area contributed by atoms with Gasteiger partial charge in [0.2, 0.25) is 0 Å². The molecular weight excluding hydrogens is 241 g/mol. The highest BCUT2D eigenvalue weighted by molar-refractivity contribution is 5.21. The molecule has 0 aliphatic rings. The maximum Gasteiger partial charge on any atom is 0.123 e. The summed E-state index contributed by atoms with van der Waals surface area (Å²) in [6.07, 6.45) is 2.98. The average molecular weight is 261 g/mol. The van der Waals surface area contributed by atoms with Gasteiger partial charge in [-0.25, -0.2) is 4.39 Å². The van der Waals surface area contributed by atoms with E-state index in [0.29, 0.717) is 0 Å². The van der Waals surface area contributed by atoms with Gasteiger partial charge in [0, 0.05) is 31.4 Å². The van der Waals surface area contributed by atoms with Gasteiger partial charge in [-0.05, 0) is 31.0 Å². The van der Waals surface area contributed by atoms with Gasteiger partial charge in [0.05, 0.1) is 5.69 Å². The second-order valence-electron chi connectivity index (χ2n) is 4.78. The van der Waals surface area contributed by atoms with Gasteiger partial charge >= 0.3 is 0 Å². The first-order valence-corrected chi connectivity index (χ1v) is 6.60. The molecule has 1 atom stereocenters. The molecular formula is C15H20FN3. The van der Waals surface area contributed by atoms with Gasteiger partial charge in [-0.2, -0.15) is 5.10 Å². The van der Waals surface area contributed by atoms with E-state index in [9.17, 15) is 4.39 Å². The lowest BCUT2D eigenvalue weighted by Crippen LogP contribution is -2.18. The highest BCUT2D eigenvalue weighted by Crippen LogP contribution is 2.14. The molecule has 1 aromatic carbocycles. The number of aryl methyl sites for hydroxylation is 2. The second kappa shape index (κ2) is 5.97. The number of nitrogens with one attached hydrogen (secondary N) is 1. The molecule has 0 aliphatic heterocycles. The summed E-state index contributed by atoms with van der Waals surface area (Å²) in [7, 11) is 1.94. The number of rotatable bonds is 5. The number of halogens is 1. The topological polar surface area (TPSA) is 29.9 Å². The third kappa shape index (κ3) is 3.41. The zero-order valence-electron chi connectivity index (χ0n) is 11.7. The van der Waals surface area contributed by atoms with Crippen LogP contribution in [0.5, 0.6) is 0 Å². The van der Waals surface area contributed by atoms with Crippen LogP contribution in [0, 0.1) is 5.82 Å². The summed E-state index contributed by atoms with van der Waals surface area (Å²) in [5.74, 6) is -0.198. The fourth-order valence-corrected chi connectivity index (χ4v) is 2.16. The lowest BCUT2D eigenvalue weighted by molar-refractivity contribution is 0.569. The first kappa shape index (κ1) is 13.7. The number of hydrogen-bond acceptors (Lipinski definition) is 2. The van der Waals surface area contributed by atoms with Crippen molar-refractivity contribution < 1.29 is 4.39 Å². The summed E-state index contributed by atoms with van der Waals surface area (Å²) in [6, 6.07) is 6.81. The van der Waals surface area contributed by atoms with Crippen LogP contribution in [-0.4, -0.2) is 9.78 Å². The van der Waals surface area contributed by atoms with Crippen LogP contribution in [0.2, 0.25) is 0 Å². The molecule has 0 aliphatic carbocycles. The molecule has 3 nitrogen and oxygen atoms in total. The number of benzene rings is 1. The molecule has 4 heteroatoms. The predicted octanol–water partition coefficient (Wildman–Crippen LogP) is 2.97. The molecule has 102 valence electrons. The fourth-order valence-electron chi connectivity index (χ4n) is 2.16. The smallest absolute Gasteiger partial charge is 0.123 e. The minimum Gasteiger partial charge on any atom is -0.306 e. The van der Waals surface area contributed by atoms with Crippen LogP contribution in [-0.2, 0) is 20.0 Å². The lowest BCUT2D eigenvalue weighted by atomic mass is 10.1. The highest BCUT2D eigenvalue weighted by Gasteiger charge is 2.09. The lowest BCUT2D eigenvalue weighted by Gasteiger charge is -2.14. The van der Waals surface area contributed by atoms with Crippen molar-refractivity contribution in [1.29, 1.82) is 0 Å². The van der Waals surface area contributed by atoms with E-state index in [4.69, 9.17) is 0 Å². The minimum atomic E-state index is -0.198. The molecule has 0 amide bonds. The van der Waals surface area contributed by atoms with E-state index >= 15 is 0 Å². The molecule has 0 fully saturated rings. The zero-order valence-corrected chi connectivity index (χ0v) is 11.7. The molecule has 0 bridgehead atoms. The molecule has 19 heavy (non-hydrogen) atoms. The van der Waals surface area contributed by atoms with E-state index in [1.807, 2.05) is 30.1 Å². The van der Waals surface area contributed by atoms with E-state index in [-0.39, 0.29) is 11.9 Å². The van der Waals surface area contributed by atoms with E-state index in [1.54, 1.807) is 0 Å². The van der Waals surface area contributed by atoms with Gasteiger partial charge in [0.15, 0.2) is 0 Å². The Balaban J connectivity index is 1.99. The average Bonchev–Trinajstić information content (AvgIpc) is 2.77. The molecule has 0 saturated carbocycles. The van der Waals surface area contributed by atoms with Crippen LogP contribution >= 0.6 is 0 Å². The summed E-state index contributed by atoms with van der Waals surface area (Å²) >= 11 is 0. The van der Waals surface area contributed by atoms with Gasteiger partial charge in [0.1, 0.15) is 5.82 Å². The predicted molar refractivity (Wildman–Crippen MR) is 74.2 cm³/mol. The van der Waals surface area contributed by atoms with Crippen molar-refractivity contribution in [2.45, 2.75) is 32.9 Å². The summed E-state index contributed by atoms with van der Waals surface area (Å²) in [5, 5.41) is 7.87. The molecule has 0 radical (unpaired) electrons. The first-order valence-electron chi connectivity index (χ1n) is 6.60. The Morgan fingerprint density at radius 3 is 2.63 bits per heavy atom. The van der Waals surface area contributed by atoms with Crippen molar-refractivity contribution in [2.24, 2.45) is 7.05 Å². The van der Waals surface area contributed by atoms with Gasteiger partial charge < -0.3 is 5.32 Å². The Kier molecular flexibility index (Phi) is 4.32. The van der Waals surface area contributed by atoms with E-state index in [0.717, 1.165) is 24.2 Å².